The fraction of sp³-hybridized carbons (Fsp3) is 0. The summed E-state index contributed by atoms with van der Waals surface area (Å²) in [5.41, 5.74) is 0.591. The molecule has 1 aromatic heterocycles. The summed E-state index contributed by atoms with van der Waals surface area (Å²) >= 11 is 0. The van der Waals surface area contributed by atoms with Gasteiger partial charge in [0.05, 0.1) is 21.9 Å². The Morgan fingerprint density at radius 1 is 0.364 bits per heavy atom. The van der Waals surface area contributed by atoms with Crippen molar-refractivity contribution in [3.63, 3.8) is 0 Å². The molecule has 0 fully saturated rings. The van der Waals surface area contributed by atoms with Crippen LogP contribution in [0.15, 0.2) is 163 Å². The SMILES string of the molecule is [2H]c1c([2H])c([2H])c(-c2nc(-c3ccccc3)nc(-c3c([2H])c([2H])c([2H])c([2H])c3-c3ccc4cc(-c5c([2H])c([2H])c6c([2H])c([2H])c([2H])c([2H])c6c5[2H])ccc4c3)n2)c([2H])c1[2H]. The second-order valence-corrected chi connectivity index (χ2v) is 9.70. The summed E-state index contributed by atoms with van der Waals surface area (Å²) < 4.78 is 137. The Morgan fingerprint density at radius 2 is 0.977 bits per heavy atom. The summed E-state index contributed by atoms with van der Waals surface area (Å²) in [5.74, 6) is -0.563. The van der Waals surface area contributed by atoms with Gasteiger partial charge in [0.1, 0.15) is 0 Å². The van der Waals surface area contributed by atoms with Crippen molar-refractivity contribution in [1.82, 2.24) is 15.0 Å². The van der Waals surface area contributed by atoms with Crippen molar-refractivity contribution in [3.8, 4) is 56.4 Å². The van der Waals surface area contributed by atoms with Gasteiger partial charge in [-0.25, -0.2) is 15.0 Å². The topological polar surface area (TPSA) is 38.7 Å². The van der Waals surface area contributed by atoms with Gasteiger partial charge in [-0.15, -0.1) is 0 Å². The second kappa shape index (κ2) is 11.0. The van der Waals surface area contributed by atoms with E-state index in [0.717, 1.165) is 0 Å². The zero-order chi connectivity index (χ0) is 43.2. The lowest BCUT2D eigenvalue weighted by molar-refractivity contribution is 1.07. The summed E-state index contributed by atoms with van der Waals surface area (Å²) in [6.07, 6.45) is 0. The van der Waals surface area contributed by atoms with Crippen molar-refractivity contribution in [3.05, 3.63) is 163 Å². The molecule has 0 aliphatic rings. The maximum absolute atomic E-state index is 9.10. The van der Waals surface area contributed by atoms with Gasteiger partial charge in [-0.3, -0.25) is 0 Å². The fourth-order valence-electron chi connectivity index (χ4n) is 4.86. The second-order valence-electron chi connectivity index (χ2n) is 9.70. The van der Waals surface area contributed by atoms with E-state index in [2.05, 4.69) is 15.0 Å². The number of rotatable bonds is 5. The number of aromatic nitrogens is 3. The Balaban J connectivity index is 1.35. The maximum Gasteiger partial charge on any atom is 0.164 e. The number of fused-ring (bicyclic) bond motifs is 2. The predicted octanol–water partition coefficient (Wildman–Crippen LogP) is 10.5. The van der Waals surface area contributed by atoms with Crippen LogP contribution in [0.2, 0.25) is 0 Å². The summed E-state index contributed by atoms with van der Waals surface area (Å²) in [5, 5.41) is 0.723. The molecule has 0 radical (unpaired) electrons. The molecule has 0 saturated heterocycles. The molecule has 0 bridgehead atoms. The van der Waals surface area contributed by atoms with Crippen molar-refractivity contribution in [1.29, 1.82) is 0 Å². The monoisotopic (exact) mass is 577 g/mol. The third kappa shape index (κ3) is 4.91. The van der Waals surface area contributed by atoms with Gasteiger partial charge in [0, 0.05) is 16.7 Å². The van der Waals surface area contributed by atoms with E-state index in [1.807, 2.05) is 0 Å². The van der Waals surface area contributed by atoms with Crippen molar-refractivity contribution >= 4 is 21.5 Å². The minimum atomic E-state index is -0.623. The highest BCUT2D eigenvalue weighted by Crippen LogP contribution is 2.35. The lowest BCUT2D eigenvalue weighted by atomic mass is 9.94. The van der Waals surface area contributed by atoms with E-state index < -0.39 is 90.6 Å². The molecular weight excluding hydrogens is 534 g/mol. The van der Waals surface area contributed by atoms with Gasteiger partial charge in [0.25, 0.3) is 0 Å². The Bertz CT molecular complexity index is 3150. The molecule has 0 spiro atoms. The first-order chi connectivity index (χ1) is 28.4. The zero-order valence-corrected chi connectivity index (χ0v) is 22.7. The highest BCUT2D eigenvalue weighted by Gasteiger charge is 2.15. The van der Waals surface area contributed by atoms with Gasteiger partial charge in [-0.05, 0) is 62.0 Å². The van der Waals surface area contributed by atoms with Crippen LogP contribution in [0, 0.1) is 0 Å². The molecule has 3 heteroatoms. The number of nitrogens with zero attached hydrogens (tertiary/aromatic N) is 3. The van der Waals surface area contributed by atoms with E-state index in [1.165, 1.54) is 0 Å². The van der Waals surface area contributed by atoms with E-state index in [4.69, 9.17) is 21.9 Å². The molecule has 7 aromatic carbocycles. The van der Waals surface area contributed by atoms with Crippen LogP contribution in [0.25, 0.3) is 78.0 Å². The third-order valence-electron chi connectivity index (χ3n) is 6.97. The fourth-order valence-corrected chi connectivity index (χ4v) is 4.86. The van der Waals surface area contributed by atoms with Gasteiger partial charge in [0.2, 0.25) is 0 Å². The summed E-state index contributed by atoms with van der Waals surface area (Å²) in [6.45, 7) is 0. The summed E-state index contributed by atoms with van der Waals surface area (Å²) in [4.78, 5) is 13.7. The molecule has 0 aliphatic heterocycles. The summed E-state index contributed by atoms with van der Waals surface area (Å²) in [7, 11) is 0. The molecule has 3 nitrogen and oxygen atoms in total. The van der Waals surface area contributed by atoms with E-state index in [-0.39, 0.29) is 56.5 Å². The molecule has 0 aliphatic carbocycles. The van der Waals surface area contributed by atoms with E-state index >= 15 is 0 Å². The Labute approximate surface area is 278 Å². The van der Waals surface area contributed by atoms with Crippen molar-refractivity contribution in [2.24, 2.45) is 0 Å². The molecule has 0 N–H and O–H groups in total. The van der Waals surface area contributed by atoms with Gasteiger partial charge < -0.3 is 0 Å². The van der Waals surface area contributed by atoms with Crippen LogP contribution in [0.3, 0.4) is 0 Å². The molecule has 206 valence electrons. The van der Waals surface area contributed by atoms with Crippen LogP contribution >= 0.6 is 0 Å². The Hall–Kier alpha value is -5.93. The average molecular weight is 578 g/mol. The van der Waals surface area contributed by atoms with Crippen LogP contribution in [0.5, 0.6) is 0 Å². The maximum atomic E-state index is 9.10. The number of hydrogen-bond donors (Lipinski definition) is 0. The van der Waals surface area contributed by atoms with Gasteiger partial charge in [-0.1, -0.05) is 145 Å². The smallest absolute Gasteiger partial charge is 0.164 e. The lowest BCUT2D eigenvalue weighted by Crippen LogP contribution is -2.01. The molecule has 0 unspecified atom stereocenters. The average Bonchev–Trinajstić information content (AvgIpc) is 3.25. The van der Waals surface area contributed by atoms with Crippen LogP contribution in [-0.4, -0.2) is 15.0 Å². The van der Waals surface area contributed by atoms with Crippen molar-refractivity contribution < 1.29 is 21.9 Å². The summed E-state index contributed by atoms with van der Waals surface area (Å²) in [6, 6.07) is 9.90. The largest absolute Gasteiger partial charge is 0.208 e. The predicted molar refractivity (Wildman–Crippen MR) is 182 cm³/mol. The third-order valence-corrected chi connectivity index (χ3v) is 6.97. The standard InChI is InChI=1S/C41H27N3/c1-3-12-29(13-4-1)39-42-40(30-14-5-2-6-15-30)44-41(43-39)38-18-10-9-17-37(38)36-24-23-34-26-33(21-22-35(34)27-36)32-20-19-28-11-7-8-16-31(28)25-32/h1-27H/i1D,3D,4D,7D,8D,9D,10D,11D,12D,13D,16D,17D,18D,19D,20D,25D. The molecule has 0 atom stereocenters. The van der Waals surface area contributed by atoms with Crippen molar-refractivity contribution in [2.45, 2.75) is 0 Å². The number of hydrogen-bond acceptors (Lipinski definition) is 3. The number of benzene rings is 7. The normalized spacial score (nSPS) is 16.3. The van der Waals surface area contributed by atoms with Crippen LogP contribution in [-0.2, 0) is 0 Å². The first kappa shape index (κ1) is 14.0. The Kier molecular flexibility index (Phi) is 3.52. The minimum absolute atomic E-state index is 0.00593. The van der Waals surface area contributed by atoms with Crippen LogP contribution in [0.1, 0.15) is 21.9 Å². The van der Waals surface area contributed by atoms with Crippen LogP contribution in [0.4, 0.5) is 0 Å². The van der Waals surface area contributed by atoms with E-state index in [1.54, 1.807) is 66.7 Å². The molecule has 44 heavy (non-hydrogen) atoms. The van der Waals surface area contributed by atoms with Gasteiger partial charge >= 0.3 is 0 Å². The molecule has 8 aromatic rings. The minimum Gasteiger partial charge on any atom is -0.208 e. The van der Waals surface area contributed by atoms with E-state index in [9.17, 15) is 0 Å². The molecule has 0 amide bonds. The zero-order valence-electron chi connectivity index (χ0n) is 38.7. The lowest BCUT2D eigenvalue weighted by Gasteiger charge is -2.13. The van der Waals surface area contributed by atoms with E-state index in [0.29, 0.717) is 27.5 Å². The first-order valence-corrected chi connectivity index (χ1v) is 13.5. The van der Waals surface area contributed by atoms with Crippen LogP contribution < -0.4 is 0 Å². The Morgan fingerprint density at radius 3 is 1.77 bits per heavy atom. The van der Waals surface area contributed by atoms with Gasteiger partial charge in [-0.2, -0.15) is 0 Å². The van der Waals surface area contributed by atoms with Gasteiger partial charge in [0.15, 0.2) is 17.5 Å². The molecule has 8 rings (SSSR count). The molecule has 0 saturated carbocycles. The highest BCUT2D eigenvalue weighted by atomic mass is 15.0. The quantitative estimate of drug-likeness (QED) is 0.204. The molecular formula is C41H27N3. The highest BCUT2D eigenvalue weighted by molar-refractivity contribution is 5.94. The first-order valence-electron chi connectivity index (χ1n) is 21.5. The molecule has 1 heterocycles. The van der Waals surface area contributed by atoms with Crippen molar-refractivity contribution in [2.75, 3.05) is 0 Å².